The Bertz CT molecular complexity index is 619. The van der Waals surface area contributed by atoms with Crippen molar-refractivity contribution in [3.05, 3.63) is 35.0 Å². The molecule has 1 amide bonds. The van der Waals surface area contributed by atoms with Gasteiger partial charge in [-0.05, 0) is 50.2 Å². The summed E-state index contributed by atoms with van der Waals surface area (Å²) in [6.07, 6.45) is 5.48. The van der Waals surface area contributed by atoms with Crippen molar-refractivity contribution in [2.75, 3.05) is 19.6 Å². The molecule has 6 nitrogen and oxygen atoms in total. The van der Waals surface area contributed by atoms with Crippen molar-refractivity contribution in [2.45, 2.75) is 38.8 Å². The molecule has 0 aromatic carbocycles. The number of piperidine rings is 1. The van der Waals surface area contributed by atoms with E-state index in [0.29, 0.717) is 6.54 Å². The van der Waals surface area contributed by atoms with Gasteiger partial charge in [-0.3, -0.25) is 9.69 Å². The van der Waals surface area contributed by atoms with Gasteiger partial charge < -0.3 is 5.32 Å². The van der Waals surface area contributed by atoms with Gasteiger partial charge in [0.1, 0.15) is 18.7 Å². The molecule has 1 fully saturated rings. The minimum absolute atomic E-state index is 0.0209. The molecule has 1 N–H and O–H groups in total. The van der Waals surface area contributed by atoms with E-state index in [1.807, 2.05) is 6.92 Å². The first-order chi connectivity index (χ1) is 11.6. The molecule has 3 heterocycles. The van der Waals surface area contributed by atoms with Crippen LogP contribution in [0.25, 0.3) is 0 Å². The second-order valence-electron chi connectivity index (χ2n) is 6.55. The number of carbonyl (C=O) groups excluding carboxylic acids is 1. The highest BCUT2D eigenvalue weighted by Crippen LogP contribution is 2.29. The number of carbonyl (C=O) groups is 1. The van der Waals surface area contributed by atoms with Crippen molar-refractivity contribution in [1.82, 2.24) is 25.0 Å². The quantitative estimate of drug-likeness (QED) is 0.872. The molecule has 0 spiro atoms. The highest BCUT2D eigenvalue weighted by Gasteiger charge is 2.26. The maximum absolute atomic E-state index is 12.4. The Morgan fingerprint density at radius 3 is 2.88 bits per heavy atom. The molecule has 2 aromatic rings. The van der Waals surface area contributed by atoms with Crippen molar-refractivity contribution >= 4 is 17.2 Å². The number of thiophene rings is 1. The molecule has 2 aromatic heterocycles. The van der Waals surface area contributed by atoms with E-state index in [1.165, 1.54) is 24.0 Å². The zero-order valence-corrected chi connectivity index (χ0v) is 15.1. The van der Waals surface area contributed by atoms with E-state index in [-0.39, 0.29) is 18.0 Å². The Hall–Kier alpha value is -1.73. The van der Waals surface area contributed by atoms with Gasteiger partial charge in [-0.1, -0.05) is 13.0 Å². The molecule has 1 saturated heterocycles. The summed E-state index contributed by atoms with van der Waals surface area (Å²) in [5, 5.41) is 9.26. The van der Waals surface area contributed by atoms with Gasteiger partial charge >= 0.3 is 0 Å². The topological polar surface area (TPSA) is 63.1 Å². The van der Waals surface area contributed by atoms with E-state index in [9.17, 15) is 4.79 Å². The average Bonchev–Trinajstić information content (AvgIpc) is 3.29. The standard InChI is InChI=1S/C17H25N5OS/c1-13-5-7-21(8-6-13)15(16-4-3-9-24-16)10-19-17(23)14(2)22-12-18-11-20-22/h3-4,9,11-15H,5-8,10H2,1-2H3,(H,19,23)/t14-,15+/m1/s1. The van der Waals surface area contributed by atoms with Crippen LogP contribution in [0.1, 0.15) is 43.6 Å². The monoisotopic (exact) mass is 347 g/mol. The van der Waals surface area contributed by atoms with Gasteiger partial charge in [0.2, 0.25) is 5.91 Å². The SMILES string of the molecule is CC1CCN([C@@H](CNC(=O)[C@@H](C)n2cncn2)c2cccs2)CC1. The van der Waals surface area contributed by atoms with Gasteiger partial charge in [0.15, 0.2) is 0 Å². The van der Waals surface area contributed by atoms with Crippen LogP contribution >= 0.6 is 11.3 Å². The number of amides is 1. The molecule has 0 saturated carbocycles. The fraction of sp³-hybridized carbons (Fsp3) is 0.588. The van der Waals surface area contributed by atoms with Crippen LogP contribution in [0.5, 0.6) is 0 Å². The van der Waals surface area contributed by atoms with Gasteiger partial charge in [-0.25, -0.2) is 9.67 Å². The molecular formula is C17H25N5OS. The number of nitrogens with zero attached hydrogens (tertiary/aromatic N) is 4. The molecule has 0 unspecified atom stereocenters. The smallest absolute Gasteiger partial charge is 0.244 e. The van der Waals surface area contributed by atoms with E-state index in [0.717, 1.165) is 19.0 Å². The van der Waals surface area contributed by atoms with Crippen LogP contribution in [0, 0.1) is 5.92 Å². The number of nitrogens with one attached hydrogen (secondary N) is 1. The summed E-state index contributed by atoms with van der Waals surface area (Å²) in [7, 11) is 0. The molecule has 24 heavy (non-hydrogen) atoms. The predicted octanol–water partition coefficient (Wildman–Crippen LogP) is 2.49. The lowest BCUT2D eigenvalue weighted by Gasteiger charge is -2.36. The summed E-state index contributed by atoms with van der Waals surface area (Å²) < 4.78 is 1.58. The largest absolute Gasteiger partial charge is 0.352 e. The molecule has 2 atom stereocenters. The fourth-order valence-corrected chi connectivity index (χ4v) is 3.97. The van der Waals surface area contributed by atoms with Gasteiger partial charge in [0, 0.05) is 11.4 Å². The third-order valence-corrected chi connectivity index (χ3v) is 5.79. The lowest BCUT2D eigenvalue weighted by atomic mass is 9.97. The molecule has 0 bridgehead atoms. The molecule has 3 rings (SSSR count). The first-order valence-electron chi connectivity index (χ1n) is 8.54. The van der Waals surface area contributed by atoms with E-state index < -0.39 is 0 Å². The van der Waals surface area contributed by atoms with Crippen molar-refractivity contribution in [3.8, 4) is 0 Å². The van der Waals surface area contributed by atoms with E-state index in [1.54, 1.807) is 22.3 Å². The summed E-state index contributed by atoms with van der Waals surface area (Å²) >= 11 is 1.76. The van der Waals surface area contributed by atoms with E-state index >= 15 is 0 Å². The second kappa shape index (κ2) is 7.90. The zero-order valence-electron chi connectivity index (χ0n) is 14.3. The van der Waals surface area contributed by atoms with Crippen LogP contribution in [-0.2, 0) is 4.79 Å². The molecule has 1 aliphatic rings. The zero-order chi connectivity index (χ0) is 16.9. The first-order valence-corrected chi connectivity index (χ1v) is 9.42. The molecule has 7 heteroatoms. The number of aromatic nitrogens is 3. The lowest BCUT2D eigenvalue weighted by Crippen LogP contribution is -2.42. The van der Waals surface area contributed by atoms with Gasteiger partial charge in [-0.2, -0.15) is 5.10 Å². The second-order valence-corrected chi connectivity index (χ2v) is 7.53. The van der Waals surface area contributed by atoms with Gasteiger partial charge in [0.25, 0.3) is 0 Å². The molecule has 130 valence electrons. The van der Waals surface area contributed by atoms with Crippen molar-refractivity contribution in [1.29, 1.82) is 0 Å². The Labute approximate surface area is 146 Å². The lowest BCUT2D eigenvalue weighted by molar-refractivity contribution is -0.124. The number of likely N-dealkylation sites (tertiary alicyclic amines) is 1. The summed E-state index contributed by atoms with van der Waals surface area (Å²) in [5.74, 6) is 0.777. The van der Waals surface area contributed by atoms with Crippen LogP contribution in [-0.4, -0.2) is 45.2 Å². The molecule has 0 radical (unpaired) electrons. The van der Waals surface area contributed by atoms with Gasteiger partial charge in [0.05, 0.1) is 6.04 Å². The van der Waals surface area contributed by atoms with Crippen LogP contribution < -0.4 is 5.32 Å². The summed E-state index contributed by atoms with van der Waals surface area (Å²) in [6, 6.07) is 4.15. The van der Waals surface area contributed by atoms with E-state index in [4.69, 9.17) is 0 Å². The molecule has 0 aliphatic carbocycles. The average molecular weight is 347 g/mol. The third kappa shape index (κ3) is 4.02. The maximum Gasteiger partial charge on any atom is 0.244 e. The third-order valence-electron chi connectivity index (χ3n) is 4.81. The van der Waals surface area contributed by atoms with Crippen LogP contribution in [0.4, 0.5) is 0 Å². The van der Waals surface area contributed by atoms with E-state index in [2.05, 4.69) is 44.7 Å². The van der Waals surface area contributed by atoms with Crippen LogP contribution in [0.3, 0.4) is 0 Å². The number of hydrogen-bond donors (Lipinski definition) is 1. The van der Waals surface area contributed by atoms with Crippen molar-refractivity contribution in [3.63, 3.8) is 0 Å². The van der Waals surface area contributed by atoms with Crippen LogP contribution in [0.15, 0.2) is 30.2 Å². The predicted molar refractivity (Wildman–Crippen MR) is 94.8 cm³/mol. The Kier molecular flexibility index (Phi) is 5.63. The van der Waals surface area contributed by atoms with Gasteiger partial charge in [-0.15, -0.1) is 11.3 Å². The first kappa shape index (κ1) is 17.1. The number of rotatable bonds is 6. The fourth-order valence-electron chi connectivity index (χ4n) is 3.11. The van der Waals surface area contributed by atoms with Crippen molar-refractivity contribution in [2.24, 2.45) is 5.92 Å². The highest BCUT2D eigenvalue weighted by molar-refractivity contribution is 7.10. The maximum atomic E-state index is 12.4. The minimum atomic E-state index is -0.349. The Balaban J connectivity index is 1.63. The van der Waals surface area contributed by atoms with Crippen LogP contribution in [0.2, 0.25) is 0 Å². The number of hydrogen-bond acceptors (Lipinski definition) is 5. The minimum Gasteiger partial charge on any atom is -0.352 e. The highest BCUT2D eigenvalue weighted by atomic mass is 32.1. The summed E-state index contributed by atoms with van der Waals surface area (Å²) in [4.78, 5) is 20.2. The molecule has 1 aliphatic heterocycles. The van der Waals surface area contributed by atoms with Crippen molar-refractivity contribution < 1.29 is 4.79 Å². The normalized spacial score (nSPS) is 19.1. The summed E-state index contributed by atoms with van der Waals surface area (Å²) in [5.41, 5.74) is 0. The Morgan fingerprint density at radius 2 is 2.25 bits per heavy atom. The summed E-state index contributed by atoms with van der Waals surface area (Å²) in [6.45, 7) is 6.98. The molecular weight excluding hydrogens is 322 g/mol. The Morgan fingerprint density at radius 1 is 1.46 bits per heavy atom.